The fourth-order valence-corrected chi connectivity index (χ4v) is 0.400. The average molecular weight is 121 g/mol. The van der Waals surface area contributed by atoms with Gasteiger partial charge in [-0.1, -0.05) is 31.4 Å². The van der Waals surface area contributed by atoms with Crippen molar-refractivity contribution in [3.8, 4) is 0 Å². The van der Waals surface area contributed by atoms with Crippen molar-refractivity contribution in [2.24, 2.45) is 4.99 Å². The molecule has 0 unspecified atom stereocenters. The third kappa shape index (κ3) is 4.75. The van der Waals surface area contributed by atoms with E-state index in [4.69, 9.17) is 0 Å². The van der Waals surface area contributed by atoms with Crippen molar-refractivity contribution >= 4 is 6.72 Å². The minimum Gasteiger partial charge on any atom is -0.296 e. The molecule has 0 amide bonds. The molecule has 1 nitrogen and oxygen atoms in total. The van der Waals surface area contributed by atoms with Crippen molar-refractivity contribution in [3.05, 3.63) is 37.0 Å². The van der Waals surface area contributed by atoms with Gasteiger partial charge < -0.3 is 0 Å². The summed E-state index contributed by atoms with van der Waals surface area (Å²) in [7, 11) is 0. The predicted molar refractivity (Wildman–Crippen MR) is 42.9 cm³/mol. The first kappa shape index (κ1) is 7.89. The zero-order chi connectivity index (χ0) is 7.11. The standard InChI is InChI=1S/C8H11N/c1-4-5-6-8(2)7-9-3/h4-6H,1-3,7H2/b6-5-. The fraction of sp³-hybridized carbons (Fsp3) is 0.125. The van der Waals surface area contributed by atoms with Crippen LogP contribution in [0, 0.1) is 0 Å². The van der Waals surface area contributed by atoms with Crippen LogP contribution in [-0.4, -0.2) is 13.3 Å². The average Bonchev–Trinajstić information content (AvgIpc) is 1.85. The highest BCUT2D eigenvalue weighted by Crippen LogP contribution is 1.91. The normalized spacial score (nSPS) is 9.33. The lowest BCUT2D eigenvalue weighted by molar-refractivity contribution is 1.21. The lowest BCUT2D eigenvalue weighted by atomic mass is 10.3. The molecule has 0 fully saturated rings. The molecular weight excluding hydrogens is 110 g/mol. The van der Waals surface area contributed by atoms with Crippen LogP contribution in [0.2, 0.25) is 0 Å². The zero-order valence-corrected chi connectivity index (χ0v) is 5.51. The summed E-state index contributed by atoms with van der Waals surface area (Å²) in [6.45, 7) is 11.2. The fourth-order valence-electron chi connectivity index (χ4n) is 0.400. The van der Waals surface area contributed by atoms with Gasteiger partial charge in [0, 0.05) is 0 Å². The Kier molecular flexibility index (Phi) is 4.41. The summed E-state index contributed by atoms with van der Waals surface area (Å²) in [4.78, 5) is 3.65. The Morgan fingerprint density at radius 2 is 2.22 bits per heavy atom. The maximum atomic E-state index is 3.71. The van der Waals surface area contributed by atoms with Crippen molar-refractivity contribution in [1.29, 1.82) is 0 Å². The van der Waals surface area contributed by atoms with Crippen LogP contribution in [0.4, 0.5) is 0 Å². The van der Waals surface area contributed by atoms with Gasteiger partial charge in [-0.3, -0.25) is 4.99 Å². The largest absolute Gasteiger partial charge is 0.296 e. The number of hydrogen-bond donors (Lipinski definition) is 0. The van der Waals surface area contributed by atoms with Crippen LogP contribution in [0.25, 0.3) is 0 Å². The molecule has 0 aromatic heterocycles. The first-order valence-corrected chi connectivity index (χ1v) is 2.70. The molecular formula is C8H11N. The summed E-state index contributed by atoms with van der Waals surface area (Å²) in [6, 6.07) is 0. The molecule has 48 valence electrons. The molecule has 0 spiro atoms. The molecule has 0 bridgehead atoms. The van der Waals surface area contributed by atoms with Gasteiger partial charge in [-0.15, -0.1) is 0 Å². The zero-order valence-electron chi connectivity index (χ0n) is 5.51. The molecule has 0 aromatic carbocycles. The Morgan fingerprint density at radius 3 is 2.67 bits per heavy atom. The van der Waals surface area contributed by atoms with E-state index in [0.717, 1.165) is 5.57 Å². The van der Waals surface area contributed by atoms with E-state index in [-0.39, 0.29) is 0 Å². The van der Waals surface area contributed by atoms with Crippen LogP contribution < -0.4 is 0 Å². The van der Waals surface area contributed by atoms with E-state index < -0.39 is 0 Å². The van der Waals surface area contributed by atoms with Gasteiger partial charge in [0.15, 0.2) is 0 Å². The SMILES string of the molecule is C=C/C=C\C(=C)CN=C. The van der Waals surface area contributed by atoms with E-state index in [1.54, 1.807) is 6.08 Å². The third-order valence-corrected chi connectivity index (χ3v) is 0.783. The minimum atomic E-state index is 0.602. The van der Waals surface area contributed by atoms with Crippen molar-refractivity contribution in [3.63, 3.8) is 0 Å². The first-order valence-electron chi connectivity index (χ1n) is 2.70. The molecule has 0 radical (unpaired) electrons. The van der Waals surface area contributed by atoms with E-state index >= 15 is 0 Å². The van der Waals surface area contributed by atoms with Gasteiger partial charge in [-0.25, -0.2) is 0 Å². The third-order valence-electron chi connectivity index (χ3n) is 0.783. The second-order valence-corrected chi connectivity index (χ2v) is 1.63. The quantitative estimate of drug-likeness (QED) is 0.398. The van der Waals surface area contributed by atoms with E-state index in [9.17, 15) is 0 Å². The molecule has 1 heteroatoms. The van der Waals surface area contributed by atoms with E-state index in [1.807, 2.05) is 12.2 Å². The van der Waals surface area contributed by atoms with E-state index in [2.05, 4.69) is 24.9 Å². The molecule has 0 rings (SSSR count). The molecule has 0 N–H and O–H groups in total. The summed E-state index contributed by atoms with van der Waals surface area (Å²) in [5, 5.41) is 0. The summed E-state index contributed by atoms with van der Waals surface area (Å²) >= 11 is 0. The van der Waals surface area contributed by atoms with Crippen LogP contribution in [0.5, 0.6) is 0 Å². The van der Waals surface area contributed by atoms with Gasteiger partial charge in [0.25, 0.3) is 0 Å². The molecule has 0 aliphatic carbocycles. The molecule has 0 aliphatic heterocycles. The molecule has 0 aliphatic rings. The Labute approximate surface area is 56.1 Å². The van der Waals surface area contributed by atoms with Crippen molar-refractivity contribution < 1.29 is 0 Å². The highest BCUT2D eigenvalue weighted by Gasteiger charge is 1.79. The monoisotopic (exact) mass is 121 g/mol. The lowest BCUT2D eigenvalue weighted by Gasteiger charge is -1.88. The van der Waals surface area contributed by atoms with Gasteiger partial charge >= 0.3 is 0 Å². The van der Waals surface area contributed by atoms with Gasteiger partial charge in [-0.2, -0.15) is 0 Å². The van der Waals surface area contributed by atoms with Gasteiger partial charge in [0.1, 0.15) is 0 Å². The summed E-state index contributed by atoms with van der Waals surface area (Å²) in [5.41, 5.74) is 0.949. The Balaban J connectivity index is 3.61. The lowest BCUT2D eigenvalue weighted by Crippen LogP contribution is -1.78. The summed E-state index contributed by atoms with van der Waals surface area (Å²) < 4.78 is 0. The van der Waals surface area contributed by atoms with Crippen molar-refractivity contribution in [2.45, 2.75) is 0 Å². The highest BCUT2D eigenvalue weighted by molar-refractivity contribution is 5.27. The Bertz CT molecular complexity index is 143. The Morgan fingerprint density at radius 1 is 1.56 bits per heavy atom. The number of nitrogens with zero attached hydrogens (tertiary/aromatic N) is 1. The molecule has 9 heavy (non-hydrogen) atoms. The number of hydrogen-bond acceptors (Lipinski definition) is 1. The van der Waals surface area contributed by atoms with Crippen LogP contribution >= 0.6 is 0 Å². The van der Waals surface area contributed by atoms with Crippen molar-refractivity contribution in [2.75, 3.05) is 6.54 Å². The van der Waals surface area contributed by atoms with Crippen LogP contribution in [0.15, 0.2) is 42.0 Å². The maximum absolute atomic E-state index is 3.71. The van der Waals surface area contributed by atoms with Crippen LogP contribution in [-0.2, 0) is 0 Å². The number of rotatable bonds is 4. The summed E-state index contributed by atoms with van der Waals surface area (Å²) in [6.07, 6.45) is 5.39. The van der Waals surface area contributed by atoms with Crippen LogP contribution in [0.3, 0.4) is 0 Å². The van der Waals surface area contributed by atoms with E-state index in [1.165, 1.54) is 0 Å². The highest BCUT2D eigenvalue weighted by atomic mass is 14.7. The molecule has 0 aromatic rings. The minimum absolute atomic E-state index is 0.602. The number of allylic oxidation sites excluding steroid dienone is 2. The molecule has 0 atom stereocenters. The number of aliphatic imine (C=N–C) groups is 1. The topological polar surface area (TPSA) is 12.4 Å². The Hall–Kier alpha value is -1.11. The van der Waals surface area contributed by atoms with E-state index in [0.29, 0.717) is 6.54 Å². The van der Waals surface area contributed by atoms with Gasteiger partial charge in [0.05, 0.1) is 6.54 Å². The molecule has 0 heterocycles. The second-order valence-electron chi connectivity index (χ2n) is 1.63. The van der Waals surface area contributed by atoms with Gasteiger partial charge in [-0.05, 0) is 12.3 Å². The smallest absolute Gasteiger partial charge is 0.0626 e. The van der Waals surface area contributed by atoms with Crippen LogP contribution in [0.1, 0.15) is 0 Å². The second kappa shape index (κ2) is 5.04. The first-order chi connectivity index (χ1) is 4.31. The predicted octanol–water partition coefficient (Wildman–Crippen LogP) is 1.99. The van der Waals surface area contributed by atoms with Gasteiger partial charge in [0.2, 0.25) is 0 Å². The summed E-state index contributed by atoms with van der Waals surface area (Å²) in [5.74, 6) is 0. The maximum Gasteiger partial charge on any atom is 0.0626 e. The molecule has 0 saturated carbocycles. The molecule has 0 saturated heterocycles. The van der Waals surface area contributed by atoms with Crippen molar-refractivity contribution in [1.82, 2.24) is 0 Å².